The molecular formula is C80H129N37O9. The van der Waals surface area contributed by atoms with Gasteiger partial charge in [0.25, 0.3) is 50.0 Å². The maximum atomic E-state index is 12.3. The van der Waals surface area contributed by atoms with Crippen molar-refractivity contribution in [1.82, 2.24) is 89.2 Å². The summed E-state index contributed by atoms with van der Waals surface area (Å²) in [5.41, 5.74) is 87.0. The molecule has 1 unspecified atom stereocenters. The Morgan fingerprint density at radius 2 is 0.651 bits per heavy atom. The molecule has 688 valence electrons. The van der Waals surface area contributed by atoms with Crippen molar-refractivity contribution < 1.29 is 0 Å². The Morgan fingerprint density at radius 1 is 0.302 bits per heavy atom. The van der Waals surface area contributed by atoms with Crippen molar-refractivity contribution in [3.8, 4) is 17.1 Å². The lowest BCUT2D eigenvalue weighted by Crippen LogP contribution is -2.32. The SMILES string of the molecule is CCn1c(N)c(N)c(=O)n1C.CCn1c(N)c(N)c(=O)n1CC.CCn1c(N2CCC(N(C)C)C2)c(N)c(=O)n1CC.CCn1c(N2CCCC2)c(N)c(=O)n1CC.CNc1c(N)c(=O)n2n1CCC2.Cn1c(=O)c(N)c(N)n1-c1ccccc1.Cn1c(N)c(N)c(=O)n1C.Nc1c(N)n(-c2ccccc2)n(-c2ccccc2)c1=O.Nc1c(N)n2n(c1=O)CCC2. The smallest absolute Gasteiger partial charge is 0.297 e. The lowest BCUT2D eigenvalue weighted by Gasteiger charge is -2.23. The molecule has 1 atom stereocenters. The number of para-hydroxylation sites is 3. The standard InChI is InChI=1S/C15H14N4O.C13H25N5O.C11H20N4O.C10H12N4O.C7H12N4O.C7H14N4O.C6H10N4O.C6H12N4O.C5H10N4O/c16-13-14(17)18(11-7-3-1-4-8-11)19(15(13)20)12-9-5-2-6-10-12;1-5-17-12(11(14)13(19)18(17)6-2)16-8-7-10(9-16)15(3)4;1-3-14-10(13-7-5-6-8-13)9(12)11(16)15(14)4-2;1-13-10(15)8(11)9(12)14(13)7-5-3-2-4-6-7;1-9-6-5(8)7(12)11-4-2-3-10(6)11;1-3-10-6(9)5(8)7(12)11(10)4-2;7-4-5(8)9-2-1-3-10(9)6(4)11;1-3-10-5(8)4(7)6(11)9(10)2;1-8-4(7)3(6)5(10)9(8)2/h1-10H,16-17H2;10H,5-9,14H2,1-4H3;3-8,12H2,1-2H3;2-6H,11-12H2,1H3;9H,2-4,8H2,1H3;3-4,8-9H2,1-2H3;1-3,7-8H2;3,7-8H2,1-2H3;6-7H2,1-2H3. The molecule has 126 heavy (non-hydrogen) atoms. The fourth-order valence-electron chi connectivity index (χ4n) is 15.4. The molecule has 2 fully saturated rings. The molecule has 0 aliphatic carbocycles. The maximum absolute atomic E-state index is 12.3. The van der Waals surface area contributed by atoms with Crippen LogP contribution < -0.4 is 151 Å². The molecule has 4 aliphatic heterocycles. The highest BCUT2D eigenvalue weighted by molar-refractivity contribution is 5.67. The lowest BCUT2D eigenvalue weighted by molar-refractivity contribution is 0.315. The van der Waals surface area contributed by atoms with E-state index in [4.69, 9.17) is 86.0 Å². The molecular weight excluding hydrogens is 1620 g/mol. The summed E-state index contributed by atoms with van der Waals surface area (Å²) in [4.78, 5) is 111. The number of fused-ring (bicyclic) bond motifs is 2. The summed E-state index contributed by atoms with van der Waals surface area (Å²) in [6, 6.07) is 28.5. The minimum atomic E-state index is -0.322. The van der Waals surface area contributed by atoms with Gasteiger partial charge in [0, 0.05) is 139 Å². The molecule has 4 aliphatic rings. The highest BCUT2D eigenvalue weighted by Crippen LogP contribution is 2.29. The van der Waals surface area contributed by atoms with Gasteiger partial charge in [-0.05, 0) is 131 Å². The zero-order valence-corrected chi connectivity index (χ0v) is 74.6. The quantitative estimate of drug-likeness (QED) is 0.0702. The number of aromatic nitrogens is 18. The molecule has 46 nitrogen and oxygen atoms in total. The van der Waals surface area contributed by atoms with E-state index in [1.165, 1.54) is 40.9 Å². The van der Waals surface area contributed by atoms with Gasteiger partial charge in [-0.2, -0.15) is 0 Å². The first kappa shape index (κ1) is 96.6. The number of anilines is 18. The van der Waals surface area contributed by atoms with Crippen molar-refractivity contribution >= 4 is 104 Å². The Morgan fingerprint density at radius 3 is 1.02 bits per heavy atom. The summed E-state index contributed by atoms with van der Waals surface area (Å²) in [5.74, 6) is 4.52. The second-order valence-electron chi connectivity index (χ2n) is 29.8. The van der Waals surface area contributed by atoms with Crippen LogP contribution in [0.2, 0.25) is 0 Å². The fourth-order valence-corrected chi connectivity index (χ4v) is 15.4. The van der Waals surface area contributed by atoms with Gasteiger partial charge in [-0.15, -0.1) is 0 Å². The van der Waals surface area contributed by atoms with Crippen LogP contribution in [0.3, 0.4) is 0 Å². The molecule has 0 amide bonds. The predicted octanol–water partition coefficient (Wildman–Crippen LogP) is 0.426. The van der Waals surface area contributed by atoms with Gasteiger partial charge in [0.1, 0.15) is 80.3 Å². The van der Waals surface area contributed by atoms with Crippen LogP contribution in [0.15, 0.2) is 134 Å². The van der Waals surface area contributed by atoms with Gasteiger partial charge in [0.2, 0.25) is 0 Å². The molecule has 31 N–H and O–H groups in total. The van der Waals surface area contributed by atoms with Gasteiger partial charge in [-0.1, -0.05) is 54.6 Å². The van der Waals surface area contributed by atoms with Gasteiger partial charge in [-0.3, -0.25) is 85.3 Å². The average Bonchev–Trinajstić information content (AvgIpc) is 1.63. The van der Waals surface area contributed by atoms with Crippen LogP contribution in [0, 0.1) is 0 Å². The number of hydrogen-bond acceptors (Lipinski definition) is 28. The Hall–Kier alpha value is -14.9. The van der Waals surface area contributed by atoms with Gasteiger partial charge in [0.15, 0.2) is 23.3 Å². The van der Waals surface area contributed by atoms with Crippen molar-refractivity contribution in [2.75, 3.05) is 148 Å². The summed E-state index contributed by atoms with van der Waals surface area (Å²) in [6.07, 6.45) is 5.48. The van der Waals surface area contributed by atoms with Crippen molar-refractivity contribution in [2.45, 2.75) is 159 Å². The molecule has 0 radical (unpaired) electrons. The number of nitrogens with one attached hydrogen (secondary N) is 1. The largest absolute Gasteiger partial charge is 0.391 e. The maximum Gasteiger partial charge on any atom is 0.297 e. The Labute approximate surface area is 726 Å². The molecule has 3 aromatic carbocycles. The van der Waals surface area contributed by atoms with E-state index in [1.54, 1.807) is 77.4 Å². The number of hydrogen-bond donors (Lipinski definition) is 16. The van der Waals surface area contributed by atoms with E-state index < -0.39 is 0 Å². The van der Waals surface area contributed by atoms with Crippen molar-refractivity contribution in [3.63, 3.8) is 0 Å². The summed E-state index contributed by atoms with van der Waals surface area (Å²) in [5, 5.41) is 2.93. The third-order valence-corrected chi connectivity index (χ3v) is 22.3. The predicted molar refractivity (Wildman–Crippen MR) is 507 cm³/mol. The molecule has 0 bridgehead atoms. The van der Waals surface area contributed by atoms with Crippen LogP contribution in [0.5, 0.6) is 0 Å². The highest BCUT2D eigenvalue weighted by atomic mass is 16.2. The number of likely N-dealkylation sites (N-methyl/N-ethyl adjacent to an activating group) is 1. The van der Waals surface area contributed by atoms with E-state index in [0.29, 0.717) is 84.8 Å². The summed E-state index contributed by atoms with van der Waals surface area (Å²) in [7, 11) is 12.5. The highest BCUT2D eigenvalue weighted by Gasteiger charge is 2.31. The molecule has 13 heterocycles. The van der Waals surface area contributed by atoms with E-state index in [1.807, 2.05) is 154 Å². The summed E-state index contributed by atoms with van der Waals surface area (Å²) >= 11 is 0. The summed E-state index contributed by atoms with van der Waals surface area (Å²) < 4.78 is 29.5. The Bertz CT molecular complexity index is 6250. The Kier molecular flexibility index (Phi) is 32.0. The van der Waals surface area contributed by atoms with Crippen LogP contribution in [0.4, 0.5) is 104 Å². The average molecular weight is 1750 g/mol. The van der Waals surface area contributed by atoms with Crippen LogP contribution in [0.1, 0.15) is 80.6 Å². The van der Waals surface area contributed by atoms with E-state index >= 15 is 0 Å². The van der Waals surface area contributed by atoms with E-state index in [-0.39, 0.29) is 95.8 Å². The van der Waals surface area contributed by atoms with Gasteiger partial charge in [0.05, 0.1) is 17.1 Å². The molecule has 46 heteroatoms. The van der Waals surface area contributed by atoms with Crippen LogP contribution in [-0.2, 0) is 100 Å². The first-order valence-corrected chi connectivity index (χ1v) is 41.5. The minimum Gasteiger partial charge on any atom is -0.391 e. The first-order chi connectivity index (χ1) is 59.8. The molecule has 0 spiro atoms. The third kappa shape index (κ3) is 19.3. The normalized spacial score (nSPS) is 13.4. The topological polar surface area (TPSA) is 654 Å². The number of nitrogens with two attached hydrogens (primary N) is 15. The fraction of sp³-hybridized carbons (Fsp3) is 0.438. The zero-order chi connectivity index (χ0) is 93.5. The molecule has 9 aromatic heterocycles. The van der Waals surface area contributed by atoms with E-state index in [9.17, 15) is 43.2 Å². The molecule has 2 saturated heterocycles. The van der Waals surface area contributed by atoms with E-state index in [2.05, 4.69) is 34.1 Å². The number of benzene rings is 3. The van der Waals surface area contributed by atoms with Gasteiger partial charge in [-0.25, -0.2) is 42.1 Å². The molecule has 0 saturated carbocycles. The van der Waals surface area contributed by atoms with Crippen LogP contribution in [-0.4, -0.2) is 143 Å². The number of nitrogen functional groups attached to an aromatic ring is 15. The third-order valence-electron chi connectivity index (χ3n) is 22.3. The zero-order valence-electron chi connectivity index (χ0n) is 74.6. The monoisotopic (exact) mass is 1750 g/mol. The lowest BCUT2D eigenvalue weighted by atomic mass is 10.2. The number of rotatable bonds is 14. The minimum absolute atomic E-state index is 0.0498. The van der Waals surface area contributed by atoms with Gasteiger partial charge < -0.3 is 106 Å². The van der Waals surface area contributed by atoms with E-state index in [0.717, 1.165) is 114 Å². The molecule has 12 aromatic rings. The summed E-state index contributed by atoms with van der Waals surface area (Å²) in [6.45, 7) is 25.6. The van der Waals surface area contributed by atoms with Crippen LogP contribution >= 0.6 is 0 Å². The Balaban J connectivity index is 0.000000177. The van der Waals surface area contributed by atoms with Crippen LogP contribution in [0.25, 0.3) is 17.1 Å². The van der Waals surface area contributed by atoms with Crippen molar-refractivity contribution in [3.05, 3.63) is 184 Å². The molecule has 16 rings (SSSR count). The van der Waals surface area contributed by atoms with Crippen molar-refractivity contribution in [1.29, 1.82) is 0 Å². The first-order valence-electron chi connectivity index (χ1n) is 41.5. The second-order valence-corrected chi connectivity index (χ2v) is 29.8. The number of nitrogens with zero attached hydrogens (tertiary/aromatic N) is 21. The van der Waals surface area contributed by atoms with Gasteiger partial charge >= 0.3 is 0 Å². The van der Waals surface area contributed by atoms with Crippen molar-refractivity contribution in [2.24, 2.45) is 28.2 Å². The second kappa shape index (κ2) is 41.8.